The zero-order chi connectivity index (χ0) is 17.4. The summed E-state index contributed by atoms with van der Waals surface area (Å²) in [7, 11) is 0. The first-order valence-electron chi connectivity index (χ1n) is 7.73. The van der Waals surface area contributed by atoms with Crippen LogP contribution in [0.1, 0.15) is 18.1 Å². The number of rotatable bonds is 7. The van der Waals surface area contributed by atoms with E-state index in [1.165, 1.54) is 11.8 Å². The van der Waals surface area contributed by atoms with Crippen LogP contribution in [0, 0.1) is 11.3 Å². The largest absolute Gasteiger partial charge is 0.391 e. The molecule has 0 aliphatic rings. The van der Waals surface area contributed by atoms with Crippen molar-refractivity contribution in [2.45, 2.75) is 30.4 Å². The van der Waals surface area contributed by atoms with Crippen molar-refractivity contribution in [1.29, 1.82) is 5.26 Å². The van der Waals surface area contributed by atoms with Crippen molar-refractivity contribution in [2.24, 2.45) is 0 Å². The molecule has 1 amide bonds. The molecule has 2 unspecified atom stereocenters. The monoisotopic (exact) mass is 340 g/mol. The van der Waals surface area contributed by atoms with Gasteiger partial charge in [-0.3, -0.25) is 4.79 Å². The molecule has 2 N–H and O–H groups in total. The molecule has 0 aromatic heterocycles. The third-order valence-electron chi connectivity index (χ3n) is 3.61. The topological polar surface area (TPSA) is 73.1 Å². The second-order valence-corrected chi connectivity index (χ2v) is 6.59. The Morgan fingerprint density at radius 1 is 1.21 bits per heavy atom. The Balaban J connectivity index is 1.77. The van der Waals surface area contributed by atoms with Gasteiger partial charge in [-0.15, -0.1) is 11.8 Å². The first-order chi connectivity index (χ1) is 11.6. The number of benzene rings is 2. The number of carbonyl (C=O) groups excluding carboxylic acids is 1. The molecule has 24 heavy (non-hydrogen) atoms. The van der Waals surface area contributed by atoms with E-state index in [1.54, 1.807) is 19.1 Å². The van der Waals surface area contributed by atoms with Gasteiger partial charge in [0.05, 0.1) is 29.5 Å². The zero-order valence-electron chi connectivity index (χ0n) is 13.5. The Morgan fingerprint density at radius 2 is 1.88 bits per heavy atom. The van der Waals surface area contributed by atoms with Crippen molar-refractivity contribution < 1.29 is 9.90 Å². The number of nitrogens with zero attached hydrogens (tertiary/aromatic N) is 1. The molecule has 0 radical (unpaired) electrons. The maximum Gasteiger partial charge on any atom is 0.230 e. The lowest BCUT2D eigenvalue weighted by molar-refractivity contribution is -0.119. The van der Waals surface area contributed by atoms with E-state index >= 15 is 0 Å². The quantitative estimate of drug-likeness (QED) is 0.760. The Kier molecular flexibility index (Phi) is 6.86. The molecule has 4 nitrogen and oxygen atoms in total. The first-order valence-corrected chi connectivity index (χ1v) is 8.71. The van der Waals surface area contributed by atoms with Crippen LogP contribution >= 0.6 is 11.8 Å². The molecular formula is C19H20N2O2S. The van der Waals surface area contributed by atoms with Gasteiger partial charge in [0.1, 0.15) is 0 Å². The van der Waals surface area contributed by atoms with Gasteiger partial charge in [0.2, 0.25) is 5.91 Å². The molecule has 0 saturated heterocycles. The van der Waals surface area contributed by atoms with Crippen molar-refractivity contribution in [3.05, 3.63) is 65.7 Å². The Morgan fingerprint density at radius 3 is 2.50 bits per heavy atom. The fourth-order valence-corrected chi connectivity index (χ4v) is 2.91. The summed E-state index contributed by atoms with van der Waals surface area (Å²) in [5.74, 6) is 0.151. The highest BCUT2D eigenvalue weighted by Crippen LogP contribution is 2.18. The molecule has 5 heteroatoms. The number of nitrogens with one attached hydrogen (secondary N) is 1. The molecule has 0 spiro atoms. The molecular weight excluding hydrogens is 320 g/mol. The lowest BCUT2D eigenvalue weighted by Gasteiger charge is -2.20. The first kappa shape index (κ1) is 18.1. The maximum atomic E-state index is 12.0. The second-order valence-electron chi connectivity index (χ2n) is 5.54. The van der Waals surface area contributed by atoms with Gasteiger partial charge in [-0.25, -0.2) is 0 Å². The van der Waals surface area contributed by atoms with Gasteiger partial charge in [-0.1, -0.05) is 30.3 Å². The fraction of sp³-hybridized carbons (Fsp3) is 0.263. The SMILES string of the molecule is CC(NC(=O)CSc1ccc(C#N)cc1)C(O)Cc1ccccc1. The third-order valence-corrected chi connectivity index (χ3v) is 4.62. The zero-order valence-corrected chi connectivity index (χ0v) is 14.3. The van der Waals surface area contributed by atoms with Crippen LogP contribution in [-0.2, 0) is 11.2 Å². The summed E-state index contributed by atoms with van der Waals surface area (Å²) in [6.45, 7) is 1.80. The average molecular weight is 340 g/mol. The minimum Gasteiger partial charge on any atom is -0.391 e. The highest BCUT2D eigenvalue weighted by Gasteiger charge is 2.17. The molecule has 124 valence electrons. The van der Waals surface area contributed by atoms with E-state index in [1.807, 2.05) is 42.5 Å². The van der Waals surface area contributed by atoms with Crippen molar-refractivity contribution in [3.8, 4) is 6.07 Å². The summed E-state index contributed by atoms with van der Waals surface area (Å²) in [6.07, 6.45) is -0.123. The van der Waals surface area contributed by atoms with Gasteiger partial charge in [0, 0.05) is 11.3 Å². The van der Waals surface area contributed by atoms with Crippen molar-refractivity contribution in [3.63, 3.8) is 0 Å². The summed E-state index contributed by atoms with van der Waals surface area (Å²) in [5.41, 5.74) is 1.64. The number of hydrogen-bond donors (Lipinski definition) is 2. The number of aliphatic hydroxyl groups is 1. The molecule has 2 aromatic carbocycles. The van der Waals surface area contributed by atoms with Crippen molar-refractivity contribution >= 4 is 17.7 Å². The van der Waals surface area contributed by atoms with Crippen LogP contribution in [0.5, 0.6) is 0 Å². The Labute approximate surface area is 146 Å². The van der Waals surface area contributed by atoms with Gasteiger partial charge < -0.3 is 10.4 Å². The van der Waals surface area contributed by atoms with Gasteiger partial charge in [-0.05, 0) is 36.8 Å². The predicted molar refractivity (Wildman–Crippen MR) is 95.6 cm³/mol. The second kappa shape index (κ2) is 9.11. The summed E-state index contributed by atoms with van der Waals surface area (Å²) >= 11 is 1.40. The molecule has 2 aromatic rings. The van der Waals surface area contributed by atoms with Crippen LogP contribution in [-0.4, -0.2) is 28.9 Å². The highest BCUT2D eigenvalue weighted by molar-refractivity contribution is 8.00. The standard InChI is InChI=1S/C19H20N2O2S/c1-14(18(22)11-15-5-3-2-4-6-15)21-19(23)13-24-17-9-7-16(12-20)8-10-17/h2-10,14,18,22H,11,13H2,1H3,(H,21,23). The van der Waals surface area contributed by atoms with E-state index in [0.29, 0.717) is 12.0 Å². The van der Waals surface area contributed by atoms with E-state index in [-0.39, 0.29) is 17.7 Å². The predicted octanol–water partition coefficient (Wildman–Crippen LogP) is 2.76. The van der Waals surface area contributed by atoms with Crippen molar-refractivity contribution in [2.75, 3.05) is 5.75 Å². The third kappa shape index (κ3) is 5.73. The lowest BCUT2D eigenvalue weighted by atomic mass is 10.0. The molecule has 0 fully saturated rings. The molecule has 2 rings (SSSR count). The van der Waals surface area contributed by atoms with Crippen LogP contribution in [0.4, 0.5) is 0 Å². The minimum atomic E-state index is -0.628. The van der Waals surface area contributed by atoms with E-state index in [9.17, 15) is 9.90 Å². The average Bonchev–Trinajstić information content (AvgIpc) is 2.61. The number of amides is 1. The van der Waals surface area contributed by atoms with Gasteiger partial charge in [-0.2, -0.15) is 5.26 Å². The number of aliphatic hydroxyl groups excluding tert-OH is 1. The van der Waals surface area contributed by atoms with E-state index in [2.05, 4.69) is 11.4 Å². The number of nitriles is 1. The molecule has 0 bridgehead atoms. The highest BCUT2D eigenvalue weighted by atomic mass is 32.2. The summed E-state index contributed by atoms with van der Waals surface area (Å²) < 4.78 is 0. The Bertz CT molecular complexity index is 696. The lowest BCUT2D eigenvalue weighted by Crippen LogP contribution is -2.42. The molecule has 0 heterocycles. The molecule has 2 atom stereocenters. The molecule has 0 aliphatic carbocycles. The van der Waals surface area contributed by atoms with E-state index in [0.717, 1.165) is 10.5 Å². The minimum absolute atomic E-state index is 0.121. The molecule has 0 aliphatic heterocycles. The van der Waals surface area contributed by atoms with Gasteiger partial charge >= 0.3 is 0 Å². The number of hydrogen-bond acceptors (Lipinski definition) is 4. The van der Waals surface area contributed by atoms with Gasteiger partial charge in [0.15, 0.2) is 0 Å². The summed E-state index contributed by atoms with van der Waals surface area (Å²) in [5, 5.41) is 21.8. The molecule has 0 saturated carbocycles. The normalized spacial score (nSPS) is 12.9. The fourth-order valence-electron chi connectivity index (χ4n) is 2.20. The Hall–Kier alpha value is -2.29. The maximum absolute atomic E-state index is 12.0. The smallest absolute Gasteiger partial charge is 0.230 e. The number of thioether (sulfide) groups is 1. The number of carbonyl (C=O) groups is 1. The summed E-state index contributed by atoms with van der Waals surface area (Å²) in [4.78, 5) is 12.9. The van der Waals surface area contributed by atoms with Crippen molar-refractivity contribution in [1.82, 2.24) is 5.32 Å². The van der Waals surface area contributed by atoms with Crippen LogP contribution in [0.2, 0.25) is 0 Å². The van der Waals surface area contributed by atoms with Crippen LogP contribution < -0.4 is 5.32 Å². The van der Waals surface area contributed by atoms with E-state index in [4.69, 9.17) is 5.26 Å². The van der Waals surface area contributed by atoms with Crippen LogP contribution in [0.3, 0.4) is 0 Å². The van der Waals surface area contributed by atoms with Gasteiger partial charge in [0.25, 0.3) is 0 Å². The van der Waals surface area contributed by atoms with Crippen LogP contribution in [0.15, 0.2) is 59.5 Å². The van der Waals surface area contributed by atoms with Crippen LogP contribution in [0.25, 0.3) is 0 Å². The van der Waals surface area contributed by atoms with E-state index < -0.39 is 6.10 Å². The summed E-state index contributed by atoms with van der Waals surface area (Å²) in [6, 6.07) is 18.6.